The Morgan fingerprint density at radius 3 is 1.41 bits per heavy atom. The van der Waals surface area contributed by atoms with Crippen LogP contribution >= 0.6 is 0 Å². The summed E-state index contributed by atoms with van der Waals surface area (Å²) in [5.74, 6) is 0. The molecule has 1 atom stereocenters. The average Bonchev–Trinajstić information content (AvgIpc) is 2.87. The normalized spacial score (nSPS) is 16.3. The summed E-state index contributed by atoms with van der Waals surface area (Å²) in [5, 5.41) is 0. The van der Waals surface area contributed by atoms with Crippen LogP contribution in [0.5, 0.6) is 0 Å². The molecule has 0 spiro atoms. The average molecular weight is 489 g/mol. The molecule has 0 N–H and O–H groups in total. The molecule has 0 aromatic heterocycles. The monoisotopic (exact) mass is 488 g/mol. The zero-order valence-electron chi connectivity index (χ0n) is 22.4. The van der Waals surface area contributed by atoms with Crippen molar-refractivity contribution in [2.75, 3.05) is 66.1 Å². The molecular weight excluding hydrogens is 432 g/mol. The highest BCUT2D eigenvalue weighted by Crippen LogP contribution is 2.13. The highest BCUT2D eigenvalue weighted by Gasteiger charge is 2.13. The molecule has 1 fully saturated rings. The minimum absolute atomic E-state index is 0.0379. The third-order valence-electron chi connectivity index (χ3n) is 6.18. The van der Waals surface area contributed by atoms with Gasteiger partial charge in [0.15, 0.2) is 6.29 Å². The minimum atomic E-state index is -0.0379. The molecule has 0 saturated carbocycles. The summed E-state index contributed by atoms with van der Waals surface area (Å²) in [6, 6.07) is 0. The first kappa shape index (κ1) is 31.8. The molecule has 0 radical (unpaired) electrons. The Bertz CT molecular complexity index is 376. The van der Waals surface area contributed by atoms with Crippen molar-refractivity contribution in [1.29, 1.82) is 0 Å². The van der Waals surface area contributed by atoms with Gasteiger partial charge in [0.25, 0.3) is 0 Å². The summed E-state index contributed by atoms with van der Waals surface area (Å²) < 4.78 is 33.3. The van der Waals surface area contributed by atoms with Gasteiger partial charge in [-0.1, -0.05) is 84.0 Å². The lowest BCUT2D eigenvalue weighted by atomic mass is 10.0. The Labute approximate surface area is 210 Å². The number of unbranched alkanes of at least 4 members (excludes halogenated alkanes) is 12. The first-order chi connectivity index (χ1) is 16.9. The number of hydrogen-bond donors (Lipinski definition) is 0. The summed E-state index contributed by atoms with van der Waals surface area (Å²) in [4.78, 5) is 0. The van der Waals surface area contributed by atoms with E-state index in [4.69, 9.17) is 28.4 Å². The lowest BCUT2D eigenvalue weighted by Gasteiger charge is -2.22. The molecule has 34 heavy (non-hydrogen) atoms. The second-order valence-corrected chi connectivity index (χ2v) is 9.36. The number of rotatable bonds is 27. The van der Waals surface area contributed by atoms with Crippen molar-refractivity contribution < 1.29 is 28.4 Å². The van der Waals surface area contributed by atoms with Crippen LogP contribution in [0.2, 0.25) is 0 Å². The summed E-state index contributed by atoms with van der Waals surface area (Å²) >= 11 is 0. The van der Waals surface area contributed by atoms with Gasteiger partial charge >= 0.3 is 0 Å². The van der Waals surface area contributed by atoms with Gasteiger partial charge in [0.2, 0.25) is 0 Å². The van der Waals surface area contributed by atoms with Crippen LogP contribution in [0.3, 0.4) is 0 Å². The maximum absolute atomic E-state index is 5.65. The molecule has 0 aromatic carbocycles. The second-order valence-electron chi connectivity index (χ2n) is 9.36. The smallest absolute Gasteiger partial charge is 0.157 e. The molecule has 1 aliphatic rings. The first-order valence-corrected chi connectivity index (χ1v) is 14.5. The molecule has 1 heterocycles. The molecule has 1 aliphatic heterocycles. The van der Waals surface area contributed by atoms with Crippen LogP contribution in [0, 0.1) is 0 Å². The van der Waals surface area contributed by atoms with Crippen molar-refractivity contribution in [3.05, 3.63) is 0 Å². The predicted molar refractivity (Wildman–Crippen MR) is 139 cm³/mol. The van der Waals surface area contributed by atoms with Gasteiger partial charge in [-0.2, -0.15) is 0 Å². The van der Waals surface area contributed by atoms with Crippen molar-refractivity contribution in [2.45, 2.75) is 116 Å². The van der Waals surface area contributed by atoms with Crippen molar-refractivity contribution in [3.8, 4) is 0 Å². The van der Waals surface area contributed by atoms with Gasteiger partial charge in [-0.15, -0.1) is 0 Å². The van der Waals surface area contributed by atoms with Gasteiger partial charge in [-0.05, 0) is 25.7 Å². The van der Waals surface area contributed by atoms with Gasteiger partial charge < -0.3 is 28.4 Å². The second kappa shape index (κ2) is 27.3. The molecule has 6 heteroatoms. The fourth-order valence-corrected chi connectivity index (χ4v) is 4.06. The van der Waals surface area contributed by atoms with E-state index in [0.29, 0.717) is 52.9 Å². The molecule has 6 nitrogen and oxygen atoms in total. The van der Waals surface area contributed by atoms with Gasteiger partial charge in [-0.25, -0.2) is 0 Å². The van der Waals surface area contributed by atoms with E-state index in [2.05, 4.69) is 6.92 Å². The third kappa shape index (κ3) is 23.5. The summed E-state index contributed by atoms with van der Waals surface area (Å²) in [5.41, 5.74) is 0. The van der Waals surface area contributed by atoms with Gasteiger partial charge in [0.1, 0.15) is 0 Å². The van der Waals surface area contributed by atoms with Gasteiger partial charge in [0, 0.05) is 13.2 Å². The maximum atomic E-state index is 5.65. The third-order valence-corrected chi connectivity index (χ3v) is 6.18. The van der Waals surface area contributed by atoms with E-state index >= 15 is 0 Å². The molecule has 1 rings (SSSR count). The lowest BCUT2D eigenvalue weighted by Crippen LogP contribution is -2.24. The molecule has 204 valence electrons. The zero-order chi connectivity index (χ0) is 24.2. The number of ether oxygens (including phenoxy) is 6. The number of hydrogen-bond acceptors (Lipinski definition) is 6. The highest BCUT2D eigenvalue weighted by atomic mass is 16.7. The molecule has 0 aromatic rings. The Morgan fingerprint density at radius 1 is 0.500 bits per heavy atom. The van der Waals surface area contributed by atoms with E-state index in [0.717, 1.165) is 26.1 Å². The largest absolute Gasteiger partial charge is 0.379 e. The lowest BCUT2D eigenvalue weighted by molar-refractivity contribution is -0.169. The summed E-state index contributed by atoms with van der Waals surface area (Å²) in [7, 11) is 0. The Kier molecular flexibility index (Phi) is 25.6. The fraction of sp³-hybridized carbons (Fsp3) is 1.00. The molecule has 0 amide bonds. The Hall–Kier alpha value is -0.240. The predicted octanol–water partition coefficient (Wildman–Crippen LogP) is 6.69. The van der Waals surface area contributed by atoms with Gasteiger partial charge in [0.05, 0.1) is 52.9 Å². The van der Waals surface area contributed by atoms with Crippen molar-refractivity contribution >= 4 is 0 Å². The zero-order valence-corrected chi connectivity index (χ0v) is 22.4. The highest BCUT2D eigenvalue weighted by molar-refractivity contribution is 4.53. The quantitative estimate of drug-likeness (QED) is 0.120. The van der Waals surface area contributed by atoms with Crippen molar-refractivity contribution in [1.82, 2.24) is 0 Å². The van der Waals surface area contributed by atoms with E-state index in [9.17, 15) is 0 Å². The van der Waals surface area contributed by atoms with E-state index in [1.807, 2.05) is 0 Å². The van der Waals surface area contributed by atoms with Crippen molar-refractivity contribution in [3.63, 3.8) is 0 Å². The fourth-order valence-electron chi connectivity index (χ4n) is 4.06. The SMILES string of the molecule is CCCCCCCCCCCCCCCOCCOCCOCCOCCOC1CCCCO1. The summed E-state index contributed by atoms with van der Waals surface area (Å²) in [6.07, 6.45) is 21.2. The minimum Gasteiger partial charge on any atom is -0.379 e. The molecule has 1 saturated heterocycles. The van der Waals surface area contributed by atoms with Crippen LogP contribution in [0.4, 0.5) is 0 Å². The molecule has 0 aliphatic carbocycles. The molecular formula is C28H56O6. The van der Waals surface area contributed by atoms with Crippen molar-refractivity contribution in [2.24, 2.45) is 0 Å². The molecule has 1 unspecified atom stereocenters. The van der Waals surface area contributed by atoms with E-state index in [1.165, 1.54) is 89.9 Å². The van der Waals surface area contributed by atoms with Crippen LogP contribution in [0.15, 0.2) is 0 Å². The van der Waals surface area contributed by atoms with Crippen LogP contribution in [-0.4, -0.2) is 72.4 Å². The first-order valence-electron chi connectivity index (χ1n) is 14.5. The van der Waals surface area contributed by atoms with E-state index in [-0.39, 0.29) is 6.29 Å². The maximum Gasteiger partial charge on any atom is 0.157 e. The van der Waals surface area contributed by atoms with Crippen LogP contribution in [-0.2, 0) is 28.4 Å². The Morgan fingerprint density at radius 2 is 0.941 bits per heavy atom. The standard InChI is InChI=1S/C28H56O6/c1-2-3-4-5-6-7-8-9-10-11-12-13-15-18-29-20-21-30-22-23-31-24-25-32-26-27-34-28-17-14-16-19-33-28/h28H,2-27H2,1H3. The van der Waals surface area contributed by atoms with Crippen LogP contribution < -0.4 is 0 Å². The van der Waals surface area contributed by atoms with Crippen LogP contribution in [0.1, 0.15) is 110 Å². The van der Waals surface area contributed by atoms with Gasteiger partial charge in [-0.3, -0.25) is 0 Å². The molecule has 0 bridgehead atoms. The van der Waals surface area contributed by atoms with E-state index in [1.54, 1.807) is 0 Å². The Balaban J connectivity index is 1.61. The topological polar surface area (TPSA) is 55.4 Å². The van der Waals surface area contributed by atoms with Crippen LogP contribution in [0.25, 0.3) is 0 Å². The van der Waals surface area contributed by atoms with E-state index < -0.39 is 0 Å². The summed E-state index contributed by atoms with van der Waals surface area (Å²) in [6.45, 7) is 8.77.